The SMILES string of the molecule is C#CCSc1nnc(-c2ccccc2)n1N=Cc1cccs1. The minimum absolute atomic E-state index is 0.529. The summed E-state index contributed by atoms with van der Waals surface area (Å²) in [5, 5.41) is 15.7. The number of thiophene rings is 1. The first-order valence-corrected chi connectivity index (χ1v) is 8.40. The van der Waals surface area contributed by atoms with Crippen LogP contribution in [0.15, 0.2) is 58.1 Å². The number of benzene rings is 1. The number of hydrogen-bond acceptors (Lipinski definition) is 5. The summed E-state index contributed by atoms with van der Waals surface area (Å²) in [6.07, 6.45) is 7.14. The van der Waals surface area contributed by atoms with E-state index in [0.29, 0.717) is 16.7 Å². The van der Waals surface area contributed by atoms with E-state index < -0.39 is 0 Å². The molecule has 0 N–H and O–H groups in total. The number of thioether (sulfide) groups is 1. The summed E-state index contributed by atoms with van der Waals surface area (Å²) in [4.78, 5) is 1.07. The van der Waals surface area contributed by atoms with E-state index in [9.17, 15) is 0 Å². The van der Waals surface area contributed by atoms with Crippen LogP contribution in [0, 0.1) is 12.3 Å². The van der Waals surface area contributed by atoms with Crippen LogP contribution in [0.1, 0.15) is 4.88 Å². The average molecular weight is 324 g/mol. The fourth-order valence-corrected chi connectivity index (χ4v) is 2.96. The minimum atomic E-state index is 0.529. The number of hydrogen-bond donors (Lipinski definition) is 0. The van der Waals surface area contributed by atoms with Gasteiger partial charge in [-0.25, -0.2) is 0 Å². The van der Waals surface area contributed by atoms with Crippen molar-refractivity contribution in [2.75, 3.05) is 5.75 Å². The molecule has 0 saturated carbocycles. The van der Waals surface area contributed by atoms with Crippen molar-refractivity contribution in [3.05, 3.63) is 52.7 Å². The summed E-state index contributed by atoms with van der Waals surface area (Å²) in [5.74, 6) is 3.83. The highest BCUT2D eigenvalue weighted by Gasteiger charge is 2.13. The molecule has 0 aliphatic rings. The summed E-state index contributed by atoms with van der Waals surface area (Å²) in [5.41, 5.74) is 0.964. The lowest BCUT2D eigenvalue weighted by atomic mass is 10.2. The summed E-state index contributed by atoms with van der Waals surface area (Å²) in [7, 11) is 0. The molecule has 1 aromatic carbocycles. The van der Waals surface area contributed by atoms with Gasteiger partial charge in [-0.3, -0.25) is 0 Å². The number of nitrogens with zero attached hydrogens (tertiary/aromatic N) is 4. The lowest BCUT2D eigenvalue weighted by Crippen LogP contribution is -1.96. The lowest BCUT2D eigenvalue weighted by molar-refractivity contribution is 0.774. The topological polar surface area (TPSA) is 43.1 Å². The molecule has 108 valence electrons. The van der Waals surface area contributed by atoms with Crippen LogP contribution in [0.5, 0.6) is 0 Å². The van der Waals surface area contributed by atoms with Gasteiger partial charge >= 0.3 is 0 Å². The molecule has 0 aliphatic heterocycles. The van der Waals surface area contributed by atoms with E-state index in [1.54, 1.807) is 22.2 Å². The molecular weight excluding hydrogens is 312 g/mol. The first-order chi connectivity index (χ1) is 10.9. The second kappa shape index (κ2) is 7.07. The summed E-state index contributed by atoms with van der Waals surface area (Å²) < 4.78 is 1.73. The Morgan fingerprint density at radius 3 is 2.82 bits per heavy atom. The van der Waals surface area contributed by atoms with Crippen LogP contribution in [0.2, 0.25) is 0 Å². The Bertz CT molecular complexity index is 799. The van der Waals surface area contributed by atoms with Gasteiger partial charge in [0.25, 0.3) is 0 Å². The predicted molar refractivity (Wildman–Crippen MR) is 92.3 cm³/mol. The lowest BCUT2D eigenvalue weighted by Gasteiger charge is -2.03. The molecule has 3 rings (SSSR count). The zero-order valence-corrected chi connectivity index (χ0v) is 13.2. The molecule has 2 heterocycles. The first kappa shape index (κ1) is 14.6. The zero-order valence-electron chi connectivity index (χ0n) is 11.6. The van der Waals surface area contributed by atoms with Crippen molar-refractivity contribution >= 4 is 29.3 Å². The van der Waals surface area contributed by atoms with Gasteiger partial charge in [0.05, 0.1) is 12.0 Å². The fourth-order valence-electron chi connectivity index (χ4n) is 1.81. The van der Waals surface area contributed by atoms with Gasteiger partial charge < -0.3 is 0 Å². The highest BCUT2D eigenvalue weighted by Crippen LogP contribution is 2.23. The molecule has 6 heteroatoms. The van der Waals surface area contributed by atoms with E-state index in [1.165, 1.54) is 11.8 Å². The minimum Gasteiger partial charge on any atom is -0.187 e. The normalized spacial score (nSPS) is 10.9. The molecule has 0 radical (unpaired) electrons. The number of terminal acetylenes is 1. The monoisotopic (exact) mass is 324 g/mol. The van der Waals surface area contributed by atoms with Gasteiger partial charge in [0, 0.05) is 10.4 Å². The quantitative estimate of drug-likeness (QED) is 0.409. The maximum atomic E-state index is 5.33. The van der Waals surface area contributed by atoms with Crippen LogP contribution in [-0.4, -0.2) is 26.8 Å². The van der Waals surface area contributed by atoms with E-state index in [2.05, 4.69) is 21.2 Å². The molecule has 0 amide bonds. The van der Waals surface area contributed by atoms with E-state index in [0.717, 1.165) is 10.4 Å². The van der Waals surface area contributed by atoms with E-state index >= 15 is 0 Å². The average Bonchev–Trinajstić information content (AvgIpc) is 3.21. The van der Waals surface area contributed by atoms with Crippen LogP contribution in [0.4, 0.5) is 0 Å². The molecule has 0 aliphatic carbocycles. The summed E-state index contributed by atoms with van der Waals surface area (Å²) in [6.45, 7) is 0. The molecular formula is C16H12N4S2. The van der Waals surface area contributed by atoms with Crippen LogP contribution in [0.25, 0.3) is 11.4 Å². The summed E-state index contributed by atoms with van der Waals surface area (Å²) in [6, 6.07) is 13.9. The molecule has 0 unspecified atom stereocenters. The second-order valence-electron chi connectivity index (χ2n) is 4.24. The van der Waals surface area contributed by atoms with Crippen molar-refractivity contribution in [3.63, 3.8) is 0 Å². The molecule has 0 fully saturated rings. The number of aromatic nitrogens is 3. The van der Waals surface area contributed by atoms with Gasteiger partial charge in [-0.15, -0.1) is 28.0 Å². The third-order valence-electron chi connectivity index (χ3n) is 2.77. The molecule has 0 saturated heterocycles. The smallest absolute Gasteiger partial charge is 0.187 e. The Kier molecular flexibility index (Phi) is 4.68. The van der Waals surface area contributed by atoms with Crippen molar-refractivity contribution in [1.29, 1.82) is 0 Å². The van der Waals surface area contributed by atoms with E-state index in [1.807, 2.05) is 47.8 Å². The molecule has 22 heavy (non-hydrogen) atoms. The first-order valence-electron chi connectivity index (χ1n) is 6.53. The van der Waals surface area contributed by atoms with Gasteiger partial charge in [0.2, 0.25) is 5.16 Å². The zero-order chi connectivity index (χ0) is 15.2. The van der Waals surface area contributed by atoms with Crippen molar-refractivity contribution in [1.82, 2.24) is 14.9 Å². The Labute approximate surface area is 136 Å². The highest BCUT2D eigenvalue weighted by atomic mass is 32.2. The van der Waals surface area contributed by atoms with E-state index in [4.69, 9.17) is 6.42 Å². The van der Waals surface area contributed by atoms with Crippen LogP contribution in [0.3, 0.4) is 0 Å². The van der Waals surface area contributed by atoms with Crippen molar-refractivity contribution in [2.45, 2.75) is 5.16 Å². The molecule has 3 aromatic rings. The van der Waals surface area contributed by atoms with Crippen LogP contribution < -0.4 is 0 Å². The Hall–Kier alpha value is -2.36. The summed E-state index contributed by atoms with van der Waals surface area (Å²) >= 11 is 3.07. The van der Waals surface area contributed by atoms with Crippen molar-refractivity contribution in [2.24, 2.45) is 5.10 Å². The second-order valence-corrected chi connectivity index (χ2v) is 6.16. The highest BCUT2D eigenvalue weighted by molar-refractivity contribution is 7.99. The molecule has 0 atom stereocenters. The van der Waals surface area contributed by atoms with Gasteiger partial charge in [0.15, 0.2) is 5.82 Å². The third-order valence-corrected chi connectivity index (χ3v) is 4.40. The fraction of sp³-hybridized carbons (Fsp3) is 0.0625. The maximum absolute atomic E-state index is 5.33. The molecule has 2 aromatic heterocycles. The van der Waals surface area contributed by atoms with Crippen LogP contribution >= 0.6 is 23.1 Å². The molecule has 0 bridgehead atoms. The van der Waals surface area contributed by atoms with E-state index in [-0.39, 0.29) is 0 Å². The number of rotatable bonds is 5. The standard InChI is InChI=1S/C16H12N4S2/c1-2-10-22-16-19-18-15(13-7-4-3-5-8-13)20(16)17-12-14-9-6-11-21-14/h1,3-9,11-12H,10H2. The third kappa shape index (κ3) is 3.27. The van der Waals surface area contributed by atoms with Gasteiger partial charge in [-0.2, -0.15) is 9.78 Å². The van der Waals surface area contributed by atoms with Gasteiger partial charge in [-0.1, -0.05) is 54.1 Å². The van der Waals surface area contributed by atoms with Gasteiger partial charge in [0.1, 0.15) is 0 Å². The van der Waals surface area contributed by atoms with Crippen molar-refractivity contribution < 1.29 is 0 Å². The Balaban J connectivity index is 2.00. The Morgan fingerprint density at radius 2 is 2.09 bits per heavy atom. The predicted octanol–water partition coefficient (Wildman–Crippen LogP) is 3.61. The maximum Gasteiger partial charge on any atom is 0.213 e. The van der Waals surface area contributed by atoms with Crippen LogP contribution in [-0.2, 0) is 0 Å². The molecule has 4 nitrogen and oxygen atoms in total. The largest absolute Gasteiger partial charge is 0.213 e. The molecule has 0 spiro atoms. The van der Waals surface area contributed by atoms with Gasteiger partial charge in [-0.05, 0) is 11.4 Å². The Morgan fingerprint density at radius 1 is 1.23 bits per heavy atom. The van der Waals surface area contributed by atoms with Crippen molar-refractivity contribution in [3.8, 4) is 23.7 Å².